The Balaban J connectivity index is 1.91. The van der Waals surface area contributed by atoms with Gasteiger partial charge >= 0.3 is 5.97 Å². The first-order valence-electron chi connectivity index (χ1n) is 10.4. The number of anilines is 1. The number of carbonyl (C=O) groups excluding carboxylic acids is 1. The second kappa shape index (κ2) is 10.1. The van der Waals surface area contributed by atoms with Crippen LogP contribution < -0.4 is 14.8 Å². The Morgan fingerprint density at radius 1 is 1.17 bits per heavy atom. The van der Waals surface area contributed by atoms with Gasteiger partial charge in [0.15, 0.2) is 11.5 Å². The number of esters is 1. The summed E-state index contributed by atoms with van der Waals surface area (Å²) in [6.07, 6.45) is 6.91. The second-order valence-electron chi connectivity index (χ2n) is 7.23. The first kappa shape index (κ1) is 21.7. The Labute approximate surface area is 177 Å². The van der Waals surface area contributed by atoms with Crippen molar-refractivity contribution in [2.75, 3.05) is 26.1 Å². The van der Waals surface area contributed by atoms with Crippen molar-refractivity contribution < 1.29 is 19.0 Å². The summed E-state index contributed by atoms with van der Waals surface area (Å²) in [5, 5.41) is 7.50. The molecule has 30 heavy (non-hydrogen) atoms. The number of hydrogen-bond donors (Lipinski definition) is 1. The summed E-state index contributed by atoms with van der Waals surface area (Å²) in [5.41, 5.74) is 1.91. The Kier molecular flexibility index (Phi) is 7.32. The molecule has 0 amide bonds. The van der Waals surface area contributed by atoms with Crippen LogP contribution in [-0.4, -0.2) is 41.6 Å². The van der Waals surface area contributed by atoms with E-state index in [1.807, 2.05) is 25.1 Å². The molecule has 0 spiro atoms. The van der Waals surface area contributed by atoms with E-state index in [1.165, 1.54) is 19.2 Å². The van der Waals surface area contributed by atoms with Crippen LogP contribution in [-0.2, 0) is 9.53 Å². The van der Waals surface area contributed by atoms with Crippen LogP contribution in [0.25, 0.3) is 0 Å². The summed E-state index contributed by atoms with van der Waals surface area (Å²) < 4.78 is 18.4. The number of carbonyl (C=O) groups is 1. The van der Waals surface area contributed by atoms with Gasteiger partial charge < -0.3 is 19.5 Å². The molecule has 8 heteroatoms. The molecule has 1 aliphatic rings. The van der Waals surface area contributed by atoms with Crippen molar-refractivity contribution in [2.45, 2.75) is 52.0 Å². The maximum absolute atomic E-state index is 13.1. The minimum atomic E-state index is -0.540. The first-order chi connectivity index (χ1) is 14.6. The van der Waals surface area contributed by atoms with Gasteiger partial charge in [-0.2, -0.15) is 10.1 Å². The fourth-order valence-electron chi connectivity index (χ4n) is 3.72. The molecule has 162 valence electrons. The van der Waals surface area contributed by atoms with Crippen molar-refractivity contribution in [1.29, 1.82) is 0 Å². The number of allylic oxidation sites excluding steroid dienone is 1. The largest absolute Gasteiger partial charge is 0.493 e. The molecule has 1 aliphatic heterocycles. The molecule has 0 saturated carbocycles. The van der Waals surface area contributed by atoms with Gasteiger partial charge in [0, 0.05) is 11.3 Å². The number of benzene rings is 1. The maximum atomic E-state index is 13.1. The Bertz CT molecular complexity index is 906. The predicted molar refractivity (Wildman–Crippen MR) is 114 cm³/mol. The molecule has 1 aromatic carbocycles. The van der Waals surface area contributed by atoms with E-state index in [-0.39, 0.29) is 5.97 Å². The van der Waals surface area contributed by atoms with Gasteiger partial charge in [-0.25, -0.2) is 9.48 Å². The van der Waals surface area contributed by atoms with Gasteiger partial charge in [-0.3, -0.25) is 0 Å². The minimum absolute atomic E-state index is 0.369. The molecule has 8 nitrogen and oxygen atoms in total. The van der Waals surface area contributed by atoms with E-state index in [2.05, 4.69) is 22.3 Å². The molecule has 1 N–H and O–H groups in total. The van der Waals surface area contributed by atoms with Crippen LogP contribution >= 0.6 is 0 Å². The zero-order valence-corrected chi connectivity index (χ0v) is 18.1. The molecule has 3 rings (SSSR count). The Morgan fingerprint density at radius 3 is 2.70 bits per heavy atom. The maximum Gasteiger partial charge on any atom is 0.338 e. The van der Waals surface area contributed by atoms with Crippen LogP contribution in [0.5, 0.6) is 11.5 Å². The van der Waals surface area contributed by atoms with Gasteiger partial charge in [0.1, 0.15) is 12.4 Å². The van der Waals surface area contributed by atoms with E-state index in [4.69, 9.17) is 14.2 Å². The summed E-state index contributed by atoms with van der Waals surface area (Å²) in [6, 6.07) is 5.03. The number of para-hydroxylation sites is 1. The van der Waals surface area contributed by atoms with Crippen molar-refractivity contribution in [1.82, 2.24) is 14.8 Å². The molecule has 2 aromatic rings. The lowest BCUT2D eigenvalue weighted by Crippen LogP contribution is -2.30. The SMILES string of the molecule is CCCCCCCOC(=O)C1=C(C)Nc2ncnn2C1c1cccc(OC)c1OC. The highest BCUT2D eigenvalue weighted by molar-refractivity contribution is 5.92. The van der Waals surface area contributed by atoms with Crippen LogP contribution in [0, 0.1) is 0 Å². The van der Waals surface area contributed by atoms with E-state index in [0.29, 0.717) is 35.3 Å². The third-order valence-corrected chi connectivity index (χ3v) is 5.22. The Hall–Kier alpha value is -3.03. The first-order valence-corrected chi connectivity index (χ1v) is 10.4. The highest BCUT2D eigenvalue weighted by atomic mass is 16.5. The van der Waals surface area contributed by atoms with Crippen LogP contribution in [0.2, 0.25) is 0 Å². The second-order valence-corrected chi connectivity index (χ2v) is 7.23. The molecule has 1 unspecified atom stereocenters. The van der Waals surface area contributed by atoms with Crippen LogP contribution in [0.3, 0.4) is 0 Å². The highest BCUT2D eigenvalue weighted by Crippen LogP contribution is 2.42. The van der Waals surface area contributed by atoms with Gasteiger partial charge in [-0.05, 0) is 19.4 Å². The Morgan fingerprint density at radius 2 is 1.97 bits per heavy atom. The monoisotopic (exact) mass is 414 g/mol. The number of hydrogen-bond acceptors (Lipinski definition) is 7. The lowest BCUT2D eigenvalue weighted by atomic mass is 9.94. The smallest absolute Gasteiger partial charge is 0.338 e. The number of ether oxygens (including phenoxy) is 3. The van der Waals surface area contributed by atoms with Gasteiger partial charge in [0.05, 0.1) is 26.4 Å². The molecule has 0 saturated heterocycles. The van der Waals surface area contributed by atoms with Gasteiger partial charge in [0.25, 0.3) is 0 Å². The van der Waals surface area contributed by atoms with E-state index >= 15 is 0 Å². The third kappa shape index (κ3) is 4.42. The average Bonchev–Trinajstić information content (AvgIpc) is 3.22. The molecule has 1 aromatic heterocycles. The van der Waals surface area contributed by atoms with Gasteiger partial charge in [-0.15, -0.1) is 0 Å². The molecular formula is C22H30N4O4. The highest BCUT2D eigenvalue weighted by Gasteiger charge is 2.36. The van der Waals surface area contributed by atoms with Crippen LogP contribution in [0.1, 0.15) is 57.6 Å². The zero-order valence-electron chi connectivity index (χ0n) is 18.1. The summed E-state index contributed by atoms with van der Waals surface area (Å²) in [4.78, 5) is 17.4. The van der Waals surface area contributed by atoms with E-state index in [0.717, 1.165) is 24.8 Å². The average molecular weight is 415 g/mol. The van der Waals surface area contributed by atoms with Crippen molar-refractivity contribution in [3.05, 3.63) is 41.4 Å². The fraction of sp³-hybridized carbons (Fsp3) is 0.500. The molecular weight excluding hydrogens is 384 g/mol. The number of nitrogens with one attached hydrogen (secondary N) is 1. The summed E-state index contributed by atoms with van der Waals surface area (Å²) >= 11 is 0. The predicted octanol–water partition coefficient (Wildman–Crippen LogP) is 4.10. The van der Waals surface area contributed by atoms with Crippen molar-refractivity contribution in [2.24, 2.45) is 0 Å². The van der Waals surface area contributed by atoms with E-state index in [9.17, 15) is 4.79 Å². The molecule has 0 bridgehead atoms. The number of aromatic nitrogens is 3. The lowest BCUT2D eigenvalue weighted by molar-refractivity contribution is -0.139. The van der Waals surface area contributed by atoms with Crippen molar-refractivity contribution in [3.8, 4) is 11.5 Å². The quantitative estimate of drug-likeness (QED) is 0.463. The summed E-state index contributed by atoms with van der Waals surface area (Å²) in [6.45, 7) is 4.41. The lowest BCUT2D eigenvalue weighted by Gasteiger charge is -2.29. The molecule has 0 radical (unpaired) electrons. The molecule has 1 atom stereocenters. The summed E-state index contributed by atoms with van der Waals surface area (Å²) in [5.74, 6) is 1.31. The number of fused-ring (bicyclic) bond motifs is 1. The fourth-order valence-corrected chi connectivity index (χ4v) is 3.72. The van der Waals surface area contributed by atoms with Gasteiger partial charge in [0.2, 0.25) is 5.95 Å². The van der Waals surface area contributed by atoms with Crippen LogP contribution in [0.15, 0.2) is 35.8 Å². The minimum Gasteiger partial charge on any atom is -0.493 e. The van der Waals surface area contributed by atoms with E-state index < -0.39 is 6.04 Å². The molecule has 0 fully saturated rings. The normalized spacial score (nSPS) is 15.4. The van der Waals surface area contributed by atoms with Gasteiger partial charge in [-0.1, -0.05) is 44.7 Å². The molecule has 2 heterocycles. The topological polar surface area (TPSA) is 87.5 Å². The zero-order chi connectivity index (χ0) is 21.5. The van der Waals surface area contributed by atoms with Crippen molar-refractivity contribution >= 4 is 11.9 Å². The van der Waals surface area contributed by atoms with Crippen molar-refractivity contribution in [3.63, 3.8) is 0 Å². The number of rotatable bonds is 10. The number of methoxy groups -OCH3 is 2. The van der Waals surface area contributed by atoms with Crippen LogP contribution in [0.4, 0.5) is 5.95 Å². The summed E-state index contributed by atoms with van der Waals surface area (Å²) in [7, 11) is 3.16. The number of nitrogens with zero attached hydrogens (tertiary/aromatic N) is 3. The standard InChI is InChI=1S/C22H30N4O4/c1-5-6-7-8-9-13-30-21(27)18-15(2)25-22-23-14-24-26(22)19(18)16-11-10-12-17(28-3)20(16)29-4/h10-12,14,19H,5-9,13H2,1-4H3,(H,23,24,25). The third-order valence-electron chi connectivity index (χ3n) is 5.22. The number of unbranched alkanes of at least 4 members (excludes halogenated alkanes) is 4. The molecule has 0 aliphatic carbocycles. The van der Waals surface area contributed by atoms with E-state index in [1.54, 1.807) is 18.9 Å².